The molecule has 0 heterocycles. The summed E-state index contributed by atoms with van der Waals surface area (Å²) >= 11 is 0. The third-order valence-corrected chi connectivity index (χ3v) is 8.88. The summed E-state index contributed by atoms with van der Waals surface area (Å²) < 4.78 is 0. The summed E-state index contributed by atoms with van der Waals surface area (Å²) in [5, 5.41) is 15.0. The second kappa shape index (κ2) is 18.7. The Morgan fingerprint density at radius 3 is 2.10 bits per heavy atom. The summed E-state index contributed by atoms with van der Waals surface area (Å²) in [6.45, 7) is 4.25. The highest BCUT2D eigenvalue weighted by Crippen LogP contribution is 2.26. The number of nitrogens with two attached hydrogens (primary N) is 5. The van der Waals surface area contributed by atoms with Crippen molar-refractivity contribution in [1.82, 2.24) is 5.32 Å². The molecule has 264 valence electrons. The number of phenols is 1. The quantitative estimate of drug-likeness (QED) is 0.0527. The number of nitrogens with zero attached hydrogens (tertiary/aromatic N) is 1. The number of aryl methyl sites for hydroxylation is 2. The number of aliphatic imine (C=N–C) groups is 1. The third-order valence-electron chi connectivity index (χ3n) is 8.88. The van der Waals surface area contributed by atoms with Crippen LogP contribution in [0, 0.1) is 25.7 Å². The van der Waals surface area contributed by atoms with E-state index in [1.807, 2.05) is 56.3 Å². The zero-order chi connectivity index (χ0) is 36.1. The minimum atomic E-state index is -0.942. The number of carbonyl (C=O) groups excluding carboxylic acids is 4. The first-order valence-corrected chi connectivity index (χ1v) is 16.7. The van der Waals surface area contributed by atoms with E-state index in [1.165, 1.54) is 0 Å². The number of carbonyl (C=O) groups is 4. The normalized spacial score (nSPS) is 13.6. The number of amides is 2. The number of guanidine groups is 1. The van der Waals surface area contributed by atoms with Crippen molar-refractivity contribution < 1.29 is 24.3 Å². The third kappa shape index (κ3) is 12.0. The van der Waals surface area contributed by atoms with Gasteiger partial charge in [0, 0.05) is 31.2 Å². The lowest BCUT2D eigenvalue weighted by Gasteiger charge is -2.25. The van der Waals surface area contributed by atoms with Gasteiger partial charge in [-0.25, -0.2) is 0 Å². The van der Waals surface area contributed by atoms with E-state index < -0.39 is 35.7 Å². The minimum absolute atomic E-state index is 0.0501. The van der Waals surface area contributed by atoms with Crippen LogP contribution in [0.4, 0.5) is 0 Å². The van der Waals surface area contributed by atoms with Gasteiger partial charge in [0.15, 0.2) is 11.7 Å². The Bertz CT molecular complexity index is 1630. The highest BCUT2D eigenvalue weighted by molar-refractivity contribution is 5.94. The molecule has 0 aliphatic carbocycles. The second-order valence-corrected chi connectivity index (χ2v) is 12.8. The van der Waals surface area contributed by atoms with Crippen molar-refractivity contribution >= 4 is 40.1 Å². The Balaban J connectivity index is 1.81. The topological polar surface area (TPSA) is 243 Å². The van der Waals surface area contributed by atoms with E-state index in [4.69, 9.17) is 28.7 Å². The number of benzene rings is 3. The Hall–Kier alpha value is -4.81. The molecule has 0 aromatic heterocycles. The fourth-order valence-corrected chi connectivity index (χ4v) is 6.10. The number of fused-ring (bicyclic) bond motifs is 1. The number of rotatable bonds is 20. The second-order valence-electron chi connectivity index (χ2n) is 12.8. The van der Waals surface area contributed by atoms with Crippen LogP contribution < -0.4 is 34.0 Å². The van der Waals surface area contributed by atoms with Gasteiger partial charge in [0.25, 0.3) is 0 Å². The summed E-state index contributed by atoms with van der Waals surface area (Å²) in [5.41, 5.74) is 31.7. The van der Waals surface area contributed by atoms with E-state index >= 15 is 0 Å². The van der Waals surface area contributed by atoms with Crippen LogP contribution in [0.5, 0.6) is 5.75 Å². The lowest BCUT2D eigenvalue weighted by atomic mass is 9.86. The average Bonchev–Trinajstić information content (AvgIpc) is 3.05. The van der Waals surface area contributed by atoms with Crippen molar-refractivity contribution in [2.45, 2.75) is 77.3 Å². The van der Waals surface area contributed by atoms with E-state index in [0.29, 0.717) is 32.4 Å². The fourth-order valence-electron chi connectivity index (χ4n) is 6.10. The molecule has 4 atom stereocenters. The highest BCUT2D eigenvalue weighted by atomic mass is 16.3. The van der Waals surface area contributed by atoms with Gasteiger partial charge in [0.05, 0.1) is 12.1 Å². The Morgan fingerprint density at radius 2 is 1.47 bits per heavy atom. The minimum Gasteiger partial charge on any atom is -0.508 e. The van der Waals surface area contributed by atoms with Crippen LogP contribution in [0.3, 0.4) is 0 Å². The molecule has 3 rings (SSSR count). The molecule has 0 saturated carbocycles. The molecule has 12 nitrogen and oxygen atoms in total. The molecular weight excluding hydrogens is 622 g/mol. The summed E-state index contributed by atoms with van der Waals surface area (Å²) in [5.74, 6) is -3.37. The molecule has 0 radical (unpaired) electrons. The number of primary amides is 1. The predicted molar refractivity (Wildman–Crippen MR) is 192 cm³/mol. The maximum absolute atomic E-state index is 14.0. The number of hydrogen-bond acceptors (Lipinski definition) is 8. The van der Waals surface area contributed by atoms with Crippen LogP contribution in [0.25, 0.3) is 10.8 Å². The molecule has 0 aliphatic rings. The van der Waals surface area contributed by atoms with Gasteiger partial charge in [0.1, 0.15) is 11.5 Å². The average molecular weight is 674 g/mol. The van der Waals surface area contributed by atoms with Crippen molar-refractivity contribution in [3.63, 3.8) is 0 Å². The van der Waals surface area contributed by atoms with Crippen LogP contribution in [0.15, 0.2) is 59.6 Å². The first kappa shape index (κ1) is 38.6. The Morgan fingerprint density at radius 1 is 0.816 bits per heavy atom. The lowest BCUT2D eigenvalue weighted by molar-refractivity contribution is -0.133. The van der Waals surface area contributed by atoms with E-state index in [2.05, 4.69) is 10.3 Å². The maximum atomic E-state index is 14.0. The number of aromatic hydroxyl groups is 1. The van der Waals surface area contributed by atoms with Crippen LogP contribution in [0.2, 0.25) is 0 Å². The van der Waals surface area contributed by atoms with Gasteiger partial charge < -0.3 is 39.1 Å². The maximum Gasteiger partial charge on any atom is 0.224 e. The summed E-state index contributed by atoms with van der Waals surface area (Å²) in [4.78, 5) is 57.5. The first-order valence-electron chi connectivity index (χ1n) is 16.7. The number of Topliss-reactive ketones (excluding diaryl/α,β-unsaturated/α-hetero) is 2. The molecular formula is C37H51N7O5. The van der Waals surface area contributed by atoms with Gasteiger partial charge in [-0.2, -0.15) is 0 Å². The zero-order valence-electron chi connectivity index (χ0n) is 28.5. The van der Waals surface area contributed by atoms with Crippen LogP contribution in [0.1, 0.15) is 60.8 Å². The first-order chi connectivity index (χ1) is 23.3. The molecule has 3 aromatic rings. The molecule has 0 aliphatic heterocycles. The van der Waals surface area contributed by atoms with Crippen molar-refractivity contribution in [2.24, 2.45) is 45.5 Å². The van der Waals surface area contributed by atoms with Crippen molar-refractivity contribution in [3.05, 3.63) is 76.9 Å². The Labute approximate surface area is 287 Å². The van der Waals surface area contributed by atoms with Gasteiger partial charge in [-0.05, 0) is 104 Å². The smallest absolute Gasteiger partial charge is 0.224 e. The lowest BCUT2D eigenvalue weighted by Crippen LogP contribution is -2.46. The molecule has 2 amide bonds. The molecule has 0 fully saturated rings. The monoisotopic (exact) mass is 673 g/mol. The molecule has 0 bridgehead atoms. The van der Waals surface area contributed by atoms with E-state index in [-0.39, 0.29) is 55.4 Å². The van der Waals surface area contributed by atoms with Crippen LogP contribution in [-0.4, -0.2) is 59.6 Å². The number of hydrogen-bond donors (Lipinski definition) is 7. The van der Waals surface area contributed by atoms with E-state index in [9.17, 15) is 24.3 Å². The summed E-state index contributed by atoms with van der Waals surface area (Å²) in [6.07, 6.45) is 1.62. The number of phenolic OH excluding ortho intramolecular Hbond substituents is 1. The van der Waals surface area contributed by atoms with Crippen LogP contribution >= 0.6 is 0 Å². The van der Waals surface area contributed by atoms with Gasteiger partial charge in [-0.15, -0.1) is 0 Å². The molecule has 12 heteroatoms. The standard InChI is InChI=1S/C37H51N7O5/c1-22-15-29(45)16-23(2)30(22)19-28(21-33(46)31(39)9-6-14-43-37(41)42)36(49)44-32(10-5-13-38)34(47)20-27(35(40)48)18-24-11-12-25-7-3-4-8-26(25)17-24/h3-4,7-8,11-12,15-17,27-28,31-32,45H,5-6,9-10,13-14,18-21,38-39H2,1-2H3,(H2,40,48)(H,44,49)(H4,41,42,43)/t27-,28-,31-,32+/m1/s1. The summed E-state index contributed by atoms with van der Waals surface area (Å²) in [7, 11) is 0. The summed E-state index contributed by atoms with van der Waals surface area (Å²) in [6, 6.07) is 15.1. The zero-order valence-corrected chi connectivity index (χ0v) is 28.5. The van der Waals surface area contributed by atoms with Crippen molar-refractivity contribution in [2.75, 3.05) is 13.1 Å². The molecule has 12 N–H and O–H groups in total. The van der Waals surface area contributed by atoms with E-state index in [0.717, 1.165) is 33.0 Å². The van der Waals surface area contributed by atoms with Gasteiger partial charge >= 0.3 is 0 Å². The van der Waals surface area contributed by atoms with Gasteiger partial charge in [-0.1, -0.05) is 42.5 Å². The molecule has 0 unspecified atom stereocenters. The fraction of sp³-hybridized carbons (Fsp3) is 0.432. The van der Waals surface area contributed by atoms with Gasteiger partial charge in [0.2, 0.25) is 11.8 Å². The Kier molecular flexibility index (Phi) is 14.7. The molecule has 0 saturated heterocycles. The van der Waals surface area contributed by atoms with Gasteiger partial charge in [-0.3, -0.25) is 24.2 Å². The number of nitrogens with one attached hydrogen (secondary N) is 1. The molecule has 3 aromatic carbocycles. The van der Waals surface area contributed by atoms with Crippen molar-refractivity contribution in [3.8, 4) is 5.75 Å². The predicted octanol–water partition coefficient (Wildman–Crippen LogP) is 2.19. The SMILES string of the molecule is Cc1cc(O)cc(C)c1C[C@H](CC(=O)[C@H](N)CCCN=C(N)N)C(=O)N[C@@H](CCCN)C(=O)C[C@@H](Cc1ccc2ccccc2c1)C(N)=O. The van der Waals surface area contributed by atoms with Crippen molar-refractivity contribution in [1.29, 1.82) is 0 Å². The largest absolute Gasteiger partial charge is 0.508 e. The van der Waals surface area contributed by atoms with E-state index in [1.54, 1.807) is 12.1 Å². The number of ketones is 2. The molecule has 49 heavy (non-hydrogen) atoms. The van der Waals surface area contributed by atoms with Crippen LogP contribution in [-0.2, 0) is 32.0 Å². The highest BCUT2D eigenvalue weighted by Gasteiger charge is 2.31. The molecule has 0 spiro atoms.